The first-order valence-corrected chi connectivity index (χ1v) is 7.87. The van der Waals surface area contributed by atoms with Gasteiger partial charge in [-0.25, -0.2) is 0 Å². The third kappa shape index (κ3) is 2.08. The van der Waals surface area contributed by atoms with Gasteiger partial charge in [0.2, 0.25) is 0 Å². The van der Waals surface area contributed by atoms with Gasteiger partial charge in [-0.15, -0.1) is 0 Å². The SMILES string of the molecule is CCc1c(C)c(-c2ccc(O)cc2)[nH]c2ccc3nccc3c12. The highest BCUT2D eigenvalue weighted by atomic mass is 16.3. The van der Waals surface area contributed by atoms with E-state index in [1.807, 2.05) is 18.3 Å². The van der Waals surface area contributed by atoms with Crippen molar-refractivity contribution in [1.82, 2.24) is 9.97 Å². The molecule has 2 heterocycles. The lowest BCUT2D eigenvalue weighted by Crippen LogP contribution is -1.97. The Bertz CT molecular complexity index is 1010. The molecule has 2 aromatic carbocycles. The van der Waals surface area contributed by atoms with E-state index in [9.17, 15) is 5.11 Å². The number of nitrogens with zero attached hydrogens (tertiary/aromatic N) is 1. The number of rotatable bonds is 2. The van der Waals surface area contributed by atoms with Crippen LogP contribution in [0, 0.1) is 6.92 Å². The Morgan fingerprint density at radius 3 is 2.57 bits per heavy atom. The molecule has 3 heteroatoms. The third-order valence-corrected chi connectivity index (χ3v) is 4.58. The van der Waals surface area contributed by atoms with E-state index in [1.165, 1.54) is 21.9 Å². The van der Waals surface area contributed by atoms with Gasteiger partial charge in [0.1, 0.15) is 5.75 Å². The van der Waals surface area contributed by atoms with Gasteiger partial charge in [-0.3, -0.25) is 4.98 Å². The van der Waals surface area contributed by atoms with Crippen molar-refractivity contribution in [3.8, 4) is 17.0 Å². The standard InChI is InChI=1S/C20H18N2O/c1-3-15-12(2)20(13-4-6-14(23)7-5-13)22-18-9-8-17-16(19(15)18)10-11-21-17/h4-11,22-23H,3H2,1-2H3. The molecule has 4 rings (SSSR count). The molecule has 0 radical (unpaired) electrons. The predicted octanol–water partition coefficient (Wildman–Crippen LogP) is 4.96. The first-order valence-electron chi connectivity index (χ1n) is 7.87. The molecule has 114 valence electrons. The summed E-state index contributed by atoms with van der Waals surface area (Å²) in [5.41, 5.74) is 6.94. The van der Waals surface area contributed by atoms with E-state index in [1.54, 1.807) is 12.1 Å². The molecule has 23 heavy (non-hydrogen) atoms. The fourth-order valence-corrected chi connectivity index (χ4v) is 3.44. The molecule has 0 bridgehead atoms. The Morgan fingerprint density at radius 2 is 1.83 bits per heavy atom. The molecular weight excluding hydrogens is 284 g/mol. The van der Waals surface area contributed by atoms with E-state index in [4.69, 9.17) is 0 Å². The van der Waals surface area contributed by atoms with Crippen LogP contribution in [0.4, 0.5) is 0 Å². The number of pyridine rings is 1. The number of hydrogen-bond donors (Lipinski definition) is 2. The zero-order chi connectivity index (χ0) is 16.0. The van der Waals surface area contributed by atoms with Gasteiger partial charge in [-0.2, -0.15) is 0 Å². The van der Waals surface area contributed by atoms with Gasteiger partial charge in [0.15, 0.2) is 0 Å². The summed E-state index contributed by atoms with van der Waals surface area (Å²) in [7, 11) is 0. The van der Waals surface area contributed by atoms with E-state index >= 15 is 0 Å². The number of phenolic OH excluding ortho intramolecular Hbond substituents is 1. The number of benzene rings is 2. The zero-order valence-electron chi connectivity index (χ0n) is 13.2. The summed E-state index contributed by atoms with van der Waals surface area (Å²) < 4.78 is 0. The number of aryl methyl sites for hydroxylation is 1. The lowest BCUT2D eigenvalue weighted by Gasteiger charge is -2.16. The molecule has 0 fully saturated rings. The summed E-state index contributed by atoms with van der Waals surface area (Å²) >= 11 is 0. The predicted molar refractivity (Wildman–Crippen MR) is 94.8 cm³/mol. The van der Waals surface area contributed by atoms with Crippen molar-refractivity contribution in [3.63, 3.8) is 0 Å². The minimum atomic E-state index is 0.285. The number of nitrogens with one attached hydrogen (secondary N) is 1. The van der Waals surface area contributed by atoms with Crippen LogP contribution in [0.1, 0.15) is 18.1 Å². The van der Waals surface area contributed by atoms with E-state index in [2.05, 4.69) is 42.0 Å². The number of fused-ring (bicyclic) bond motifs is 3. The lowest BCUT2D eigenvalue weighted by molar-refractivity contribution is 0.475. The quantitative estimate of drug-likeness (QED) is 0.550. The van der Waals surface area contributed by atoms with Gasteiger partial charge in [0.25, 0.3) is 0 Å². The fourth-order valence-electron chi connectivity index (χ4n) is 3.44. The molecule has 0 atom stereocenters. The topological polar surface area (TPSA) is 48.9 Å². The van der Waals surface area contributed by atoms with Crippen LogP contribution in [0.3, 0.4) is 0 Å². The highest BCUT2D eigenvalue weighted by Gasteiger charge is 2.13. The number of H-pyrrole nitrogens is 1. The highest BCUT2D eigenvalue weighted by molar-refractivity contribution is 6.08. The molecule has 0 spiro atoms. The summed E-state index contributed by atoms with van der Waals surface area (Å²) in [6.07, 6.45) is 2.83. The second kappa shape index (κ2) is 5.13. The van der Waals surface area contributed by atoms with Crippen LogP contribution in [-0.4, -0.2) is 15.1 Å². The number of hydrogen-bond acceptors (Lipinski definition) is 2. The van der Waals surface area contributed by atoms with Gasteiger partial charge in [-0.1, -0.05) is 6.92 Å². The summed E-state index contributed by atoms with van der Waals surface area (Å²) in [4.78, 5) is 8.00. The minimum Gasteiger partial charge on any atom is -0.508 e. The Kier molecular flexibility index (Phi) is 3.08. The van der Waals surface area contributed by atoms with Gasteiger partial charge >= 0.3 is 0 Å². The van der Waals surface area contributed by atoms with E-state index in [-0.39, 0.29) is 5.75 Å². The second-order valence-corrected chi connectivity index (χ2v) is 5.87. The van der Waals surface area contributed by atoms with Crippen LogP contribution in [0.15, 0.2) is 48.7 Å². The average Bonchev–Trinajstić information content (AvgIpc) is 3.04. The maximum Gasteiger partial charge on any atom is 0.115 e. The minimum absolute atomic E-state index is 0.285. The van der Waals surface area contributed by atoms with Crippen molar-refractivity contribution in [2.45, 2.75) is 20.3 Å². The summed E-state index contributed by atoms with van der Waals surface area (Å²) in [6, 6.07) is 13.6. The summed E-state index contributed by atoms with van der Waals surface area (Å²) in [5.74, 6) is 0.285. The Labute approximate surface area is 134 Å². The number of aromatic nitrogens is 2. The van der Waals surface area contributed by atoms with Crippen LogP contribution in [0.2, 0.25) is 0 Å². The zero-order valence-corrected chi connectivity index (χ0v) is 13.2. The van der Waals surface area contributed by atoms with E-state index in [0.29, 0.717) is 0 Å². The van der Waals surface area contributed by atoms with Gasteiger partial charge in [-0.05, 0) is 72.5 Å². The van der Waals surface area contributed by atoms with Crippen LogP contribution in [0.25, 0.3) is 33.1 Å². The Morgan fingerprint density at radius 1 is 1.04 bits per heavy atom. The molecule has 0 aliphatic carbocycles. The van der Waals surface area contributed by atoms with Crippen molar-refractivity contribution in [3.05, 3.63) is 59.8 Å². The van der Waals surface area contributed by atoms with Gasteiger partial charge < -0.3 is 10.1 Å². The number of phenols is 1. The van der Waals surface area contributed by atoms with Crippen molar-refractivity contribution < 1.29 is 5.11 Å². The molecule has 0 aliphatic rings. The Hall–Kier alpha value is -2.81. The highest BCUT2D eigenvalue weighted by Crippen LogP contribution is 2.34. The maximum atomic E-state index is 9.52. The monoisotopic (exact) mass is 302 g/mol. The van der Waals surface area contributed by atoms with Crippen LogP contribution >= 0.6 is 0 Å². The van der Waals surface area contributed by atoms with Crippen LogP contribution in [-0.2, 0) is 6.42 Å². The van der Waals surface area contributed by atoms with Crippen LogP contribution in [0.5, 0.6) is 5.75 Å². The first kappa shape index (κ1) is 13.8. The van der Waals surface area contributed by atoms with Gasteiger partial charge in [0.05, 0.1) is 5.52 Å². The first-order chi connectivity index (χ1) is 11.2. The third-order valence-electron chi connectivity index (χ3n) is 4.58. The van der Waals surface area contributed by atoms with Crippen molar-refractivity contribution in [2.24, 2.45) is 0 Å². The number of aromatic hydroxyl groups is 1. The molecule has 0 aliphatic heterocycles. The molecule has 0 unspecified atom stereocenters. The molecule has 0 saturated carbocycles. The van der Waals surface area contributed by atoms with Crippen molar-refractivity contribution >= 4 is 21.8 Å². The van der Waals surface area contributed by atoms with Crippen molar-refractivity contribution in [2.75, 3.05) is 0 Å². The van der Waals surface area contributed by atoms with Gasteiger partial charge in [0, 0.05) is 28.2 Å². The fraction of sp³-hybridized carbons (Fsp3) is 0.150. The van der Waals surface area contributed by atoms with Crippen molar-refractivity contribution in [1.29, 1.82) is 0 Å². The molecular formula is C20H18N2O. The number of aromatic amines is 1. The van der Waals surface area contributed by atoms with Crippen LogP contribution < -0.4 is 0 Å². The molecule has 2 aromatic heterocycles. The second-order valence-electron chi connectivity index (χ2n) is 5.87. The normalized spacial score (nSPS) is 11.4. The molecule has 2 N–H and O–H groups in total. The smallest absolute Gasteiger partial charge is 0.115 e. The molecule has 3 nitrogen and oxygen atoms in total. The summed E-state index contributed by atoms with van der Waals surface area (Å²) in [5, 5.41) is 12.0. The van der Waals surface area contributed by atoms with E-state index in [0.717, 1.165) is 28.7 Å². The maximum absolute atomic E-state index is 9.52. The summed E-state index contributed by atoms with van der Waals surface area (Å²) in [6.45, 7) is 4.35. The lowest BCUT2D eigenvalue weighted by atomic mass is 9.94. The largest absolute Gasteiger partial charge is 0.508 e. The average molecular weight is 302 g/mol. The molecule has 0 saturated heterocycles. The molecule has 4 aromatic rings. The Balaban J connectivity index is 2.09. The molecule has 0 amide bonds. The van der Waals surface area contributed by atoms with E-state index < -0.39 is 0 Å².